The van der Waals surface area contributed by atoms with Crippen LogP contribution in [0.5, 0.6) is 0 Å². The van der Waals surface area contributed by atoms with Crippen molar-refractivity contribution in [2.75, 3.05) is 23.3 Å². The second-order valence-electron chi connectivity index (χ2n) is 9.23. The summed E-state index contributed by atoms with van der Waals surface area (Å²) in [6.45, 7) is 6.41. The minimum Gasteiger partial charge on any atom is -0.389 e. The lowest BCUT2D eigenvalue weighted by Crippen LogP contribution is -2.40. The van der Waals surface area contributed by atoms with Crippen molar-refractivity contribution in [1.29, 1.82) is 0 Å². The standard InChI is InChI=1S/C20H29F2N7O3/c1-12-14-10-15(24-17(30)23-11-19(2,3)31)26-29(14)9-8-28(12)18-25-16(27-32-18)13-4-6-20(21,22)7-5-13/h10,12-13,31H,4-9,11H2,1-3H3,(H2,23,24,26,30). The first-order valence-electron chi connectivity index (χ1n) is 10.8. The van der Waals surface area contributed by atoms with E-state index < -0.39 is 17.6 Å². The molecule has 0 aromatic carbocycles. The number of aliphatic hydroxyl groups is 1. The Bertz CT molecular complexity index is 959. The van der Waals surface area contributed by atoms with E-state index in [4.69, 9.17) is 4.52 Å². The molecular formula is C20H29F2N7O3. The molecular weight excluding hydrogens is 424 g/mol. The highest BCUT2D eigenvalue weighted by atomic mass is 19.3. The number of alkyl halides is 2. The first-order chi connectivity index (χ1) is 15.0. The zero-order valence-electron chi connectivity index (χ0n) is 18.4. The van der Waals surface area contributed by atoms with E-state index >= 15 is 0 Å². The van der Waals surface area contributed by atoms with Crippen LogP contribution in [-0.4, -0.2) is 55.7 Å². The Hall–Kier alpha value is -2.76. The van der Waals surface area contributed by atoms with Gasteiger partial charge < -0.3 is 19.8 Å². The van der Waals surface area contributed by atoms with Gasteiger partial charge in [0.2, 0.25) is 5.92 Å². The minimum absolute atomic E-state index is 0.106. The quantitative estimate of drug-likeness (QED) is 0.636. The van der Waals surface area contributed by atoms with E-state index in [0.29, 0.717) is 43.6 Å². The van der Waals surface area contributed by atoms with Gasteiger partial charge in [0, 0.05) is 37.9 Å². The molecule has 0 bridgehead atoms. The van der Waals surface area contributed by atoms with Crippen molar-refractivity contribution in [3.8, 4) is 0 Å². The van der Waals surface area contributed by atoms with Crippen LogP contribution in [-0.2, 0) is 6.54 Å². The van der Waals surface area contributed by atoms with Gasteiger partial charge in [-0.25, -0.2) is 13.6 Å². The van der Waals surface area contributed by atoms with E-state index in [0.717, 1.165) is 5.69 Å². The number of fused-ring (bicyclic) bond motifs is 1. The number of nitrogens with one attached hydrogen (secondary N) is 2. The average Bonchev–Trinajstić information content (AvgIpc) is 3.34. The number of anilines is 2. The summed E-state index contributed by atoms with van der Waals surface area (Å²) in [5.41, 5.74) is -0.146. The fraction of sp³-hybridized carbons (Fsp3) is 0.700. The van der Waals surface area contributed by atoms with E-state index in [-0.39, 0.29) is 31.3 Å². The van der Waals surface area contributed by atoms with Crippen molar-refractivity contribution < 1.29 is 23.2 Å². The Morgan fingerprint density at radius 2 is 2.06 bits per heavy atom. The zero-order chi connectivity index (χ0) is 23.1. The van der Waals surface area contributed by atoms with Gasteiger partial charge in [0.1, 0.15) is 0 Å². The van der Waals surface area contributed by atoms with E-state index in [1.54, 1.807) is 19.9 Å². The summed E-state index contributed by atoms with van der Waals surface area (Å²) in [5.74, 6) is -1.83. The van der Waals surface area contributed by atoms with Crippen LogP contribution in [0.15, 0.2) is 10.6 Å². The zero-order valence-corrected chi connectivity index (χ0v) is 18.4. The number of urea groups is 1. The summed E-state index contributed by atoms with van der Waals surface area (Å²) in [7, 11) is 0. The number of carbonyl (C=O) groups excluding carboxylic acids is 1. The number of halogens is 2. The molecule has 3 N–H and O–H groups in total. The van der Waals surface area contributed by atoms with Crippen LogP contribution in [0.25, 0.3) is 0 Å². The predicted octanol–water partition coefficient (Wildman–Crippen LogP) is 3.03. The van der Waals surface area contributed by atoms with E-state index in [9.17, 15) is 18.7 Å². The van der Waals surface area contributed by atoms with Crippen LogP contribution in [0.2, 0.25) is 0 Å². The maximum Gasteiger partial charge on any atom is 0.324 e. The Morgan fingerprint density at radius 1 is 1.34 bits per heavy atom. The third-order valence-electron chi connectivity index (χ3n) is 5.94. The second kappa shape index (κ2) is 8.30. The average molecular weight is 453 g/mol. The highest BCUT2D eigenvalue weighted by Gasteiger charge is 2.38. The highest BCUT2D eigenvalue weighted by Crippen LogP contribution is 2.40. The van der Waals surface area contributed by atoms with Crippen LogP contribution in [0, 0.1) is 0 Å². The van der Waals surface area contributed by atoms with E-state index in [1.165, 1.54) is 0 Å². The molecule has 2 aliphatic rings. The summed E-state index contributed by atoms with van der Waals surface area (Å²) in [4.78, 5) is 18.5. The van der Waals surface area contributed by atoms with Crippen molar-refractivity contribution >= 4 is 17.9 Å². The topological polar surface area (TPSA) is 121 Å². The molecule has 1 aliphatic heterocycles. The van der Waals surface area contributed by atoms with Gasteiger partial charge in [0.25, 0.3) is 0 Å². The fourth-order valence-corrected chi connectivity index (χ4v) is 4.09. The van der Waals surface area contributed by atoms with Crippen molar-refractivity contribution in [1.82, 2.24) is 25.2 Å². The normalized spacial score (nSPS) is 21.3. The molecule has 12 heteroatoms. The summed E-state index contributed by atoms with van der Waals surface area (Å²) in [5, 5.41) is 23.5. The lowest BCUT2D eigenvalue weighted by molar-refractivity contribution is -0.0389. The number of rotatable bonds is 5. The molecule has 1 fully saturated rings. The number of amides is 2. The molecule has 0 spiro atoms. The number of aromatic nitrogens is 4. The molecule has 10 nitrogen and oxygen atoms in total. The summed E-state index contributed by atoms with van der Waals surface area (Å²) < 4.78 is 34.2. The van der Waals surface area contributed by atoms with Crippen molar-refractivity contribution in [2.45, 2.75) is 76.5 Å². The van der Waals surface area contributed by atoms with Gasteiger partial charge in [0.05, 0.1) is 23.9 Å². The highest BCUT2D eigenvalue weighted by molar-refractivity contribution is 5.88. The van der Waals surface area contributed by atoms with Crippen molar-refractivity contribution in [3.63, 3.8) is 0 Å². The second-order valence-corrected chi connectivity index (χ2v) is 9.23. The fourth-order valence-electron chi connectivity index (χ4n) is 4.09. The van der Waals surface area contributed by atoms with Crippen LogP contribution in [0.3, 0.4) is 0 Å². The molecule has 2 aromatic heterocycles. The summed E-state index contributed by atoms with van der Waals surface area (Å²) in [6.07, 6.45) is 0.387. The number of hydrogen-bond donors (Lipinski definition) is 3. The van der Waals surface area contributed by atoms with E-state index in [2.05, 4.69) is 25.9 Å². The third kappa shape index (κ3) is 5.00. The monoisotopic (exact) mass is 453 g/mol. The third-order valence-corrected chi connectivity index (χ3v) is 5.94. The molecule has 0 saturated heterocycles. The molecule has 32 heavy (non-hydrogen) atoms. The smallest absolute Gasteiger partial charge is 0.324 e. The number of nitrogens with zero attached hydrogens (tertiary/aromatic N) is 5. The Labute approximate surface area is 184 Å². The van der Waals surface area contributed by atoms with Gasteiger partial charge in [-0.05, 0) is 33.6 Å². The number of carbonyl (C=O) groups is 1. The van der Waals surface area contributed by atoms with Gasteiger partial charge in [-0.1, -0.05) is 5.16 Å². The lowest BCUT2D eigenvalue weighted by atomic mass is 9.86. The summed E-state index contributed by atoms with van der Waals surface area (Å²) in [6, 6.07) is 1.54. The van der Waals surface area contributed by atoms with Crippen LogP contribution in [0.1, 0.15) is 69.9 Å². The van der Waals surface area contributed by atoms with Gasteiger partial charge in [-0.15, -0.1) is 0 Å². The van der Waals surface area contributed by atoms with Gasteiger partial charge >= 0.3 is 12.0 Å². The lowest BCUT2D eigenvalue weighted by Gasteiger charge is -2.32. The minimum atomic E-state index is -2.60. The first-order valence-corrected chi connectivity index (χ1v) is 10.8. The number of hydrogen-bond acceptors (Lipinski definition) is 7. The first kappa shape index (κ1) is 22.4. The van der Waals surface area contributed by atoms with Crippen LogP contribution in [0.4, 0.5) is 25.4 Å². The van der Waals surface area contributed by atoms with Crippen LogP contribution < -0.4 is 15.5 Å². The molecule has 1 saturated carbocycles. The maximum absolute atomic E-state index is 13.4. The Morgan fingerprint density at radius 3 is 2.75 bits per heavy atom. The van der Waals surface area contributed by atoms with Gasteiger partial charge in [0.15, 0.2) is 11.6 Å². The SMILES string of the molecule is CC1c2cc(NC(=O)NCC(C)(C)O)nn2CCN1c1nc(C2CCC(F)(F)CC2)no1. The molecule has 3 heterocycles. The molecule has 2 aromatic rings. The molecule has 1 unspecified atom stereocenters. The molecule has 1 atom stereocenters. The Balaban J connectivity index is 1.40. The molecule has 2 amide bonds. The molecule has 1 aliphatic carbocycles. The molecule has 176 valence electrons. The van der Waals surface area contributed by atoms with Crippen molar-refractivity contribution in [2.24, 2.45) is 0 Å². The summed E-state index contributed by atoms with van der Waals surface area (Å²) >= 11 is 0. The molecule has 0 radical (unpaired) electrons. The van der Waals surface area contributed by atoms with Crippen LogP contribution >= 0.6 is 0 Å². The van der Waals surface area contributed by atoms with Gasteiger partial charge in [-0.2, -0.15) is 10.1 Å². The van der Waals surface area contributed by atoms with E-state index in [1.807, 2.05) is 16.5 Å². The van der Waals surface area contributed by atoms with Gasteiger partial charge in [-0.3, -0.25) is 10.00 Å². The Kier molecular flexibility index (Phi) is 5.82. The predicted molar refractivity (Wildman–Crippen MR) is 112 cm³/mol. The largest absolute Gasteiger partial charge is 0.389 e. The van der Waals surface area contributed by atoms with Crippen molar-refractivity contribution in [3.05, 3.63) is 17.6 Å². The maximum atomic E-state index is 13.4. The molecule has 4 rings (SSSR count).